The monoisotopic (exact) mass is 776 g/mol. The second-order valence-electron chi connectivity index (χ2n) is 10.8. The van der Waals surface area contributed by atoms with Gasteiger partial charge in [-0.25, -0.2) is 8.42 Å². The predicted octanol–water partition coefficient (Wildman–Crippen LogP) is 7.04. The summed E-state index contributed by atoms with van der Waals surface area (Å²) >= 11 is 0. The van der Waals surface area contributed by atoms with Crippen LogP contribution >= 0.6 is 0 Å². The van der Waals surface area contributed by atoms with Gasteiger partial charge in [0.1, 0.15) is 11.4 Å². The van der Waals surface area contributed by atoms with Crippen LogP contribution in [-0.2, 0) is 23.1 Å². The Morgan fingerprint density at radius 2 is 1.22 bits per heavy atom. The average Bonchev–Trinajstić information content (AvgIpc) is 3.57. The summed E-state index contributed by atoms with van der Waals surface area (Å²) in [6.45, 7) is -0.719. The Kier molecular flexibility index (Phi) is 8.81. The SMILES string of the molecule is Cc1nn(Cc2cn(CCC(F)(F)C(F)(F)C(F)(F)C(F)(F)C(F)(F)C(F)(F)C(F)(F)C(F)(F)F)nn2)c2c1N(C)S(=O)(=O)c1ccccc1-2. The zero-order valence-corrected chi connectivity index (χ0v) is 25.2. The third-order valence-electron chi connectivity index (χ3n) is 7.53. The summed E-state index contributed by atoms with van der Waals surface area (Å²) in [6.07, 6.45) is -9.86. The van der Waals surface area contributed by atoms with Crippen molar-refractivity contribution in [2.24, 2.45) is 0 Å². The molecular weight excluding hydrogens is 759 g/mol. The minimum atomic E-state index is -8.70. The molecule has 0 saturated carbocycles. The first kappa shape index (κ1) is 38.9. The maximum absolute atomic E-state index is 14.4. The molecule has 0 amide bonds. The van der Waals surface area contributed by atoms with Gasteiger partial charge in [0.05, 0.1) is 29.0 Å². The molecule has 0 spiro atoms. The van der Waals surface area contributed by atoms with E-state index in [2.05, 4.69) is 15.4 Å². The number of aromatic nitrogens is 5. The lowest BCUT2D eigenvalue weighted by molar-refractivity contribution is -0.461. The Labute approximate surface area is 267 Å². The molecule has 0 N–H and O–H groups in total. The number of nitrogens with zero attached hydrogens (tertiary/aromatic N) is 6. The quantitative estimate of drug-likeness (QED) is 0.195. The van der Waals surface area contributed by atoms with Crippen molar-refractivity contribution in [2.45, 2.75) is 79.0 Å². The molecular formula is C24H17F17N6O2S. The predicted molar refractivity (Wildman–Crippen MR) is 132 cm³/mol. The number of benzene rings is 1. The number of alkyl halides is 17. The van der Waals surface area contributed by atoms with Crippen LogP contribution in [0.3, 0.4) is 0 Å². The molecule has 1 aliphatic rings. The van der Waals surface area contributed by atoms with Crippen molar-refractivity contribution >= 4 is 15.7 Å². The molecule has 280 valence electrons. The van der Waals surface area contributed by atoms with Crippen molar-refractivity contribution in [3.63, 3.8) is 0 Å². The Morgan fingerprint density at radius 1 is 0.720 bits per heavy atom. The summed E-state index contributed by atoms with van der Waals surface area (Å²) in [4.78, 5) is -0.152. The fourth-order valence-corrected chi connectivity index (χ4v) is 6.21. The van der Waals surface area contributed by atoms with E-state index < -0.39 is 77.2 Å². The van der Waals surface area contributed by atoms with Crippen molar-refractivity contribution in [3.05, 3.63) is 41.9 Å². The van der Waals surface area contributed by atoms with Gasteiger partial charge in [-0.15, -0.1) is 5.10 Å². The van der Waals surface area contributed by atoms with Gasteiger partial charge in [-0.2, -0.15) is 79.7 Å². The summed E-state index contributed by atoms with van der Waals surface area (Å²) in [5.74, 6) is -56.9. The molecule has 50 heavy (non-hydrogen) atoms. The van der Waals surface area contributed by atoms with E-state index in [0.29, 0.717) is 6.20 Å². The van der Waals surface area contributed by atoms with Crippen LogP contribution in [0.2, 0.25) is 0 Å². The van der Waals surface area contributed by atoms with Gasteiger partial charge >= 0.3 is 47.6 Å². The maximum atomic E-state index is 14.4. The van der Waals surface area contributed by atoms with Gasteiger partial charge in [-0.3, -0.25) is 13.7 Å². The van der Waals surface area contributed by atoms with Gasteiger partial charge in [0, 0.05) is 25.6 Å². The molecule has 3 heterocycles. The van der Waals surface area contributed by atoms with Crippen LogP contribution < -0.4 is 4.31 Å². The van der Waals surface area contributed by atoms with Gasteiger partial charge < -0.3 is 0 Å². The summed E-state index contributed by atoms with van der Waals surface area (Å²) in [5.41, 5.74) is 0.329. The van der Waals surface area contributed by atoms with Gasteiger partial charge in [0.15, 0.2) is 0 Å². The van der Waals surface area contributed by atoms with E-state index >= 15 is 0 Å². The number of hydrogen-bond donors (Lipinski definition) is 0. The smallest absolute Gasteiger partial charge is 0.265 e. The molecule has 0 bridgehead atoms. The Hall–Kier alpha value is -3.87. The number of sulfonamides is 1. The van der Waals surface area contributed by atoms with Crippen LogP contribution in [-0.4, -0.2) is 87.9 Å². The number of fused-ring (bicyclic) bond motifs is 3. The standard InChI is InChI=1S/C24H17F17N6O2S/c1-11-15-16(13-5-3-4-6-14(13)50(48,49)45(15)2)47(43-11)10-12-9-46(44-42-12)8-7-17(25,26)18(27,28)19(29,30)20(31,32)21(33,34)22(35,36)23(37,38)24(39,40)41/h3-6,9H,7-8,10H2,1-2H3. The van der Waals surface area contributed by atoms with Crippen molar-refractivity contribution in [2.75, 3.05) is 11.4 Å². The molecule has 0 atom stereocenters. The molecule has 3 aromatic rings. The first-order valence-electron chi connectivity index (χ1n) is 13.1. The van der Waals surface area contributed by atoms with Gasteiger partial charge in [0.25, 0.3) is 10.0 Å². The lowest BCUT2D eigenvalue weighted by Gasteiger charge is -2.42. The molecule has 4 rings (SSSR count). The summed E-state index contributed by atoms with van der Waals surface area (Å²) in [7, 11) is -2.83. The minimum Gasteiger partial charge on any atom is -0.265 e. The normalized spacial score (nSPS) is 16.4. The van der Waals surface area contributed by atoms with E-state index in [-0.39, 0.29) is 37.9 Å². The highest BCUT2D eigenvalue weighted by Crippen LogP contribution is 2.64. The number of hydrogen-bond acceptors (Lipinski definition) is 5. The first-order chi connectivity index (χ1) is 22.3. The molecule has 0 fully saturated rings. The van der Waals surface area contributed by atoms with Gasteiger partial charge in [-0.05, 0) is 13.0 Å². The number of rotatable bonds is 11. The first-order valence-corrected chi connectivity index (χ1v) is 14.5. The maximum Gasteiger partial charge on any atom is 0.460 e. The molecule has 1 aliphatic heterocycles. The number of anilines is 1. The molecule has 26 heteroatoms. The lowest BCUT2D eigenvalue weighted by Crippen LogP contribution is -2.74. The van der Waals surface area contributed by atoms with Crippen molar-refractivity contribution in [3.8, 4) is 11.3 Å². The van der Waals surface area contributed by atoms with E-state index in [1.54, 1.807) is 0 Å². The van der Waals surface area contributed by atoms with Crippen LogP contribution in [0.1, 0.15) is 17.8 Å². The third kappa shape index (κ3) is 5.24. The highest BCUT2D eigenvalue weighted by molar-refractivity contribution is 7.93. The summed E-state index contributed by atoms with van der Waals surface area (Å²) in [5, 5.41) is 10.9. The highest BCUT2D eigenvalue weighted by atomic mass is 32.2. The van der Waals surface area contributed by atoms with Crippen LogP contribution in [0.15, 0.2) is 35.4 Å². The van der Waals surface area contributed by atoms with Gasteiger partial charge in [0.2, 0.25) is 0 Å². The van der Waals surface area contributed by atoms with Crippen LogP contribution in [0.25, 0.3) is 11.3 Å². The highest BCUT2D eigenvalue weighted by Gasteiger charge is 2.95. The molecule has 0 saturated heterocycles. The molecule has 1 aromatic carbocycles. The Balaban J connectivity index is 1.58. The zero-order chi connectivity index (χ0) is 38.5. The second kappa shape index (κ2) is 11.3. The topological polar surface area (TPSA) is 85.9 Å². The molecule has 2 aromatic heterocycles. The van der Waals surface area contributed by atoms with Crippen LogP contribution in [0.4, 0.5) is 80.3 Å². The van der Waals surface area contributed by atoms with E-state index in [1.807, 2.05) is 0 Å². The molecule has 8 nitrogen and oxygen atoms in total. The summed E-state index contributed by atoms with van der Waals surface area (Å²) in [6, 6.07) is 5.57. The second-order valence-corrected chi connectivity index (χ2v) is 12.7. The third-order valence-corrected chi connectivity index (χ3v) is 9.35. The number of aryl methyl sites for hydroxylation is 2. The largest absolute Gasteiger partial charge is 0.460 e. The van der Waals surface area contributed by atoms with Crippen molar-refractivity contribution < 1.29 is 83.1 Å². The van der Waals surface area contributed by atoms with Crippen LogP contribution in [0.5, 0.6) is 0 Å². The fraction of sp³-hybridized carbons (Fsp3) is 0.542. The van der Waals surface area contributed by atoms with E-state index in [4.69, 9.17) is 0 Å². The molecule has 0 aliphatic carbocycles. The molecule has 0 unspecified atom stereocenters. The fourth-order valence-electron chi connectivity index (χ4n) is 4.77. The van der Waals surface area contributed by atoms with E-state index in [1.165, 1.54) is 38.2 Å². The lowest BCUT2D eigenvalue weighted by atomic mass is 9.88. The van der Waals surface area contributed by atoms with Crippen molar-refractivity contribution in [1.82, 2.24) is 24.8 Å². The molecule has 0 radical (unpaired) electrons. The number of halogens is 17. The summed E-state index contributed by atoms with van der Waals surface area (Å²) < 4.78 is 258. The Morgan fingerprint density at radius 3 is 1.76 bits per heavy atom. The van der Waals surface area contributed by atoms with E-state index in [0.717, 1.165) is 8.99 Å². The van der Waals surface area contributed by atoms with E-state index in [9.17, 15) is 83.1 Å². The average molecular weight is 776 g/mol. The Bertz CT molecular complexity index is 1880. The van der Waals surface area contributed by atoms with Crippen LogP contribution in [0, 0.1) is 6.92 Å². The van der Waals surface area contributed by atoms with Gasteiger partial charge in [-0.1, -0.05) is 23.4 Å². The van der Waals surface area contributed by atoms with Crippen molar-refractivity contribution in [1.29, 1.82) is 0 Å². The minimum absolute atomic E-state index is 0.0983. The zero-order valence-electron chi connectivity index (χ0n) is 24.3.